The van der Waals surface area contributed by atoms with Gasteiger partial charge in [-0.15, -0.1) is 0 Å². The summed E-state index contributed by atoms with van der Waals surface area (Å²) in [6.45, 7) is 1.94. The number of rotatable bonds is 5. The summed E-state index contributed by atoms with van der Waals surface area (Å²) in [6.07, 6.45) is 1.63. The summed E-state index contributed by atoms with van der Waals surface area (Å²) in [6, 6.07) is 9.13. The number of ether oxygens (including phenoxy) is 1. The maximum absolute atomic E-state index is 13.8. The van der Waals surface area contributed by atoms with Crippen molar-refractivity contribution >= 4 is 34.2 Å². The first-order chi connectivity index (χ1) is 12.0. The highest BCUT2D eigenvalue weighted by Gasteiger charge is 2.13. The lowest BCUT2D eigenvalue weighted by Crippen LogP contribution is -2.03. The van der Waals surface area contributed by atoms with Gasteiger partial charge in [0.15, 0.2) is 0 Å². The summed E-state index contributed by atoms with van der Waals surface area (Å²) in [5.41, 5.74) is 1.07. The molecular weight excluding hydrogens is 366 g/mol. The van der Waals surface area contributed by atoms with E-state index in [4.69, 9.17) is 32.4 Å². The molecule has 0 saturated heterocycles. The fourth-order valence-electron chi connectivity index (χ4n) is 2.63. The van der Waals surface area contributed by atoms with Crippen molar-refractivity contribution < 1.29 is 13.5 Å². The molecule has 3 nitrogen and oxygen atoms in total. The zero-order valence-corrected chi connectivity index (χ0v) is 15.0. The first-order valence-corrected chi connectivity index (χ1v) is 8.57. The van der Waals surface area contributed by atoms with Crippen molar-refractivity contribution in [3.8, 4) is 5.75 Å². The van der Waals surface area contributed by atoms with Crippen LogP contribution in [-0.2, 0) is 13.0 Å². The fraction of sp³-hybridized carbons (Fsp3) is 0.211. The van der Waals surface area contributed by atoms with E-state index in [-0.39, 0.29) is 17.2 Å². The van der Waals surface area contributed by atoms with Gasteiger partial charge in [-0.1, -0.05) is 42.6 Å². The molecule has 0 radical (unpaired) electrons. The molecule has 1 aromatic heterocycles. The van der Waals surface area contributed by atoms with Gasteiger partial charge in [0.25, 0.3) is 0 Å². The predicted octanol–water partition coefficient (Wildman–Crippen LogP) is 5.77. The zero-order chi connectivity index (χ0) is 18.0. The van der Waals surface area contributed by atoms with Crippen molar-refractivity contribution in [2.75, 3.05) is 0 Å². The average molecular weight is 381 g/mol. The molecule has 0 atom stereocenters. The molecule has 25 heavy (non-hydrogen) atoms. The summed E-state index contributed by atoms with van der Waals surface area (Å²) in [4.78, 5) is 11.7. The van der Waals surface area contributed by atoms with Crippen molar-refractivity contribution in [3.05, 3.63) is 73.8 Å². The van der Waals surface area contributed by atoms with Gasteiger partial charge in [0.2, 0.25) is 0 Å². The maximum Gasteiger partial charge on any atom is 0.336 e. The topological polar surface area (TPSA) is 39.4 Å². The Morgan fingerprint density at radius 3 is 2.68 bits per heavy atom. The molecule has 130 valence electrons. The third kappa shape index (κ3) is 3.80. The molecule has 3 aromatic rings. The van der Waals surface area contributed by atoms with Gasteiger partial charge < -0.3 is 9.15 Å². The lowest BCUT2D eigenvalue weighted by atomic mass is 10.1. The Kier molecular flexibility index (Phi) is 5.30. The average Bonchev–Trinajstić information content (AvgIpc) is 2.55. The summed E-state index contributed by atoms with van der Waals surface area (Å²) in [5, 5.41) is 1.39. The molecule has 0 aliphatic heterocycles. The van der Waals surface area contributed by atoms with E-state index in [0.29, 0.717) is 16.4 Å². The van der Waals surface area contributed by atoms with E-state index < -0.39 is 11.4 Å². The van der Waals surface area contributed by atoms with E-state index in [0.717, 1.165) is 23.8 Å². The molecule has 0 aliphatic carbocycles. The van der Waals surface area contributed by atoms with Crippen molar-refractivity contribution in [2.24, 2.45) is 0 Å². The first kappa shape index (κ1) is 17.8. The Morgan fingerprint density at radius 1 is 1.16 bits per heavy atom. The molecule has 0 unspecified atom stereocenters. The van der Waals surface area contributed by atoms with Crippen LogP contribution in [0.15, 0.2) is 45.6 Å². The lowest BCUT2D eigenvalue weighted by Gasteiger charge is -2.12. The number of aryl methyl sites for hydroxylation is 1. The van der Waals surface area contributed by atoms with Crippen LogP contribution in [0.5, 0.6) is 5.75 Å². The van der Waals surface area contributed by atoms with Gasteiger partial charge in [-0.3, -0.25) is 0 Å². The van der Waals surface area contributed by atoms with E-state index in [1.54, 1.807) is 18.2 Å². The van der Waals surface area contributed by atoms with E-state index in [2.05, 4.69) is 0 Å². The van der Waals surface area contributed by atoms with Crippen molar-refractivity contribution in [3.63, 3.8) is 0 Å². The van der Waals surface area contributed by atoms with Crippen LogP contribution in [0.4, 0.5) is 4.39 Å². The molecule has 0 amide bonds. The second kappa shape index (κ2) is 7.46. The quantitative estimate of drug-likeness (QED) is 0.527. The summed E-state index contributed by atoms with van der Waals surface area (Å²) in [7, 11) is 0. The van der Waals surface area contributed by atoms with Gasteiger partial charge in [-0.2, -0.15) is 0 Å². The molecule has 2 aromatic carbocycles. The molecule has 3 rings (SSSR count). The van der Waals surface area contributed by atoms with Gasteiger partial charge in [-0.05, 0) is 30.2 Å². The van der Waals surface area contributed by atoms with Crippen LogP contribution in [0.1, 0.15) is 24.5 Å². The molecule has 0 aliphatic rings. The van der Waals surface area contributed by atoms with Gasteiger partial charge in [0.1, 0.15) is 23.8 Å². The van der Waals surface area contributed by atoms with E-state index in [1.165, 1.54) is 18.2 Å². The number of fused-ring (bicyclic) bond motifs is 1. The number of benzene rings is 2. The minimum atomic E-state index is -0.457. The lowest BCUT2D eigenvalue weighted by molar-refractivity contribution is 0.300. The smallest absolute Gasteiger partial charge is 0.336 e. The van der Waals surface area contributed by atoms with Crippen molar-refractivity contribution in [1.82, 2.24) is 0 Å². The number of hydrogen-bond donors (Lipinski definition) is 0. The SMILES string of the molecule is CCCc1cc(=O)oc2cc(OCc3c(F)cccc3Cl)c(Cl)cc12. The summed E-state index contributed by atoms with van der Waals surface area (Å²) in [5.74, 6) is -0.161. The van der Waals surface area contributed by atoms with Crippen LogP contribution in [-0.4, -0.2) is 0 Å². The van der Waals surface area contributed by atoms with Crippen molar-refractivity contribution in [2.45, 2.75) is 26.4 Å². The molecule has 0 bridgehead atoms. The Bertz CT molecular complexity index is 962. The zero-order valence-electron chi connectivity index (χ0n) is 13.4. The Morgan fingerprint density at radius 2 is 1.96 bits per heavy atom. The molecule has 0 N–H and O–H groups in total. The third-order valence-corrected chi connectivity index (χ3v) is 4.49. The largest absolute Gasteiger partial charge is 0.487 e. The van der Waals surface area contributed by atoms with Crippen LogP contribution in [0.2, 0.25) is 10.0 Å². The summed E-state index contributed by atoms with van der Waals surface area (Å²) >= 11 is 12.3. The minimum absolute atomic E-state index is 0.0877. The summed E-state index contributed by atoms with van der Waals surface area (Å²) < 4.78 is 24.7. The molecular formula is C19H15Cl2FO3. The molecule has 1 heterocycles. The Labute approximate surface area is 153 Å². The van der Waals surface area contributed by atoms with Crippen LogP contribution in [0.3, 0.4) is 0 Å². The standard InChI is InChI=1S/C19H15Cl2FO3/c1-2-4-11-7-19(23)25-17-9-18(15(21)8-12(11)17)24-10-13-14(20)5-3-6-16(13)22/h3,5-9H,2,4,10H2,1H3. The second-order valence-corrected chi connectivity index (χ2v) is 6.42. The Hall–Kier alpha value is -2.04. The van der Waals surface area contributed by atoms with Crippen LogP contribution in [0, 0.1) is 5.82 Å². The first-order valence-electron chi connectivity index (χ1n) is 7.81. The van der Waals surface area contributed by atoms with Gasteiger partial charge in [-0.25, -0.2) is 9.18 Å². The highest BCUT2D eigenvalue weighted by Crippen LogP contribution is 2.32. The van der Waals surface area contributed by atoms with Crippen LogP contribution in [0.25, 0.3) is 11.0 Å². The highest BCUT2D eigenvalue weighted by atomic mass is 35.5. The van der Waals surface area contributed by atoms with Gasteiger partial charge in [0, 0.05) is 23.1 Å². The molecule has 0 spiro atoms. The monoisotopic (exact) mass is 380 g/mol. The van der Waals surface area contributed by atoms with Crippen LogP contribution >= 0.6 is 23.2 Å². The maximum atomic E-state index is 13.8. The van der Waals surface area contributed by atoms with Gasteiger partial charge >= 0.3 is 5.63 Å². The van der Waals surface area contributed by atoms with Gasteiger partial charge in [0.05, 0.1) is 10.0 Å². The number of hydrogen-bond acceptors (Lipinski definition) is 3. The normalized spacial score (nSPS) is 11.0. The third-order valence-electron chi connectivity index (χ3n) is 3.84. The highest BCUT2D eigenvalue weighted by molar-refractivity contribution is 6.33. The molecule has 0 saturated carbocycles. The second-order valence-electron chi connectivity index (χ2n) is 5.61. The fourth-order valence-corrected chi connectivity index (χ4v) is 3.07. The minimum Gasteiger partial charge on any atom is -0.487 e. The van der Waals surface area contributed by atoms with E-state index >= 15 is 0 Å². The van der Waals surface area contributed by atoms with E-state index in [1.807, 2.05) is 6.92 Å². The molecule has 0 fully saturated rings. The van der Waals surface area contributed by atoms with Crippen molar-refractivity contribution in [1.29, 1.82) is 0 Å². The Balaban J connectivity index is 1.97. The van der Waals surface area contributed by atoms with E-state index in [9.17, 15) is 9.18 Å². The molecule has 6 heteroatoms. The predicted molar refractivity (Wildman–Crippen MR) is 97.2 cm³/mol. The van der Waals surface area contributed by atoms with Crippen LogP contribution < -0.4 is 10.4 Å². The number of halogens is 3.